The fraction of sp³-hybridized carbons (Fsp3) is 0.400. The Morgan fingerprint density at radius 3 is 2.67 bits per heavy atom. The van der Waals surface area contributed by atoms with E-state index in [0.717, 1.165) is 13.1 Å². The molecule has 1 aromatic rings. The zero-order chi connectivity index (χ0) is 10.7. The van der Waals surface area contributed by atoms with Crippen molar-refractivity contribution in [2.24, 2.45) is 0 Å². The molecule has 1 fully saturated rings. The number of aromatic amines is 1. The Labute approximate surface area is 87.5 Å². The molecular weight excluding hydrogens is 194 g/mol. The average Bonchev–Trinajstić information content (AvgIpc) is 2.78. The molecule has 1 aromatic heterocycles. The zero-order valence-corrected chi connectivity index (χ0v) is 8.32. The van der Waals surface area contributed by atoms with E-state index in [1.54, 1.807) is 17.0 Å². The number of carbonyl (C=O) groups is 2. The van der Waals surface area contributed by atoms with Gasteiger partial charge >= 0.3 is 0 Å². The molecule has 1 amide bonds. The van der Waals surface area contributed by atoms with Gasteiger partial charge in [-0.25, -0.2) is 0 Å². The number of piperazine rings is 1. The van der Waals surface area contributed by atoms with Crippen LogP contribution < -0.4 is 5.32 Å². The highest BCUT2D eigenvalue weighted by atomic mass is 16.2. The quantitative estimate of drug-likeness (QED) is 0.664. The monoisotopic (exact) mass is 207 g/mol. The lowest BCUT2D eigenvalue weighted by Crippen LogP contribution is -2.46. The smallest absolute Gasteiger partial charge is 0.270 e. The predicted molar refractivity (Wildman–Crippen MR) is 55.0 cm³/mol. The summed E-state index contributed by atoms with van der Waals surface area (Å²) in [5.74, 6) is -0.0374. The Kier molecular flexibility index (Phi) is 2.82. The van der Waals surface area contributed by atoms with Gasteiger partial charge in [-0.1, -0.05) is 0 Å². The Hall–Kier alpha value is -1.62. The van der Waals surface area contributed by atoms with Gasteiger partial charge in [0.1, 0.15) is 5.69 Å². The number of aromatic nitrogens is 1. The molecule has 1 aliphatic rings. The topological polar surface area (TPSA) is 65.2 Å². The number of aldehydes is 1. The van der Waals surface area contributed by atoms with Gasteiger partial charge in [0.05, 0.1) is 5.69 Å². The van der Waals surface area contributed by atoms with Crippen LogP contribution in [0, 0.1) is 0 Å². The molecule has 15 heavy (non-hydrogen) atoms. The second kappa shape index (κ2) is 4.27. The van der Waals surface area contributed by atoms with Crippen LogP contribution in [0.4, 0.5) is 0 Å². The number of hydrogen-bond acceptors (Lipinski definition) is 3. The first-order valence-corrected chi connectivity index (χ1v) is 4.95. The number of nitrogens with zero attached hydrogens (tertiary/aromatic N) is 1. The number of amides is 1. The van der Waals surface area contributed by atoms with E-state index in [9.17, 15) is 9.59 Å². The molecule has 0 bridgehead atoms. The van der Waals surface area contributed by atoms with E-state index in [-0.39, 0.29) is 5.91 Å². The molecule has 0 radical (unpaired) electrons. The Bertz CT molecular complexity index is 366. The van der Waals surface area contributed by atoms with Gasteiger partial charge in [-0.3, -0.25) is 9.59 Å². The molecule has 80 valence electrons. The van der Waals surface area contributed by atoms with Crippen molar-refractivity contribution in [2.75, 3.05) is 26.2 Å². The highest BCUT2D eigenvalue weighted by Gasteiger charge is 2.18. The lowest BCUT2D eigenvalue weighted by atomic mass is 10.3. The van der Waals surface area contributed by atoms with Gasteiger partial charge in [-0.15, -0.1) is 0 Å². The summed E-state index contributed by atoms with van der Waals surface area (Å²) >= 11 is 0. The minimum atomic E-state index is -0.0374. The first-order valence-electron chi connectivity index (χ1n) is 4.95. The summed E-state index contributed by atoms with van der Waals surface area (Å²) in [6.45, 7) is 3.09. The van der Waals surface area contributed by atoms with Gasteiger partial charge in [0.15, 0.2) is 6.29 Å². The maximum Gasteiger partial charge on any atom is 0.270 e. The molecule has 5 heteroatoms. The first-order chi connectivity index (χ1) is 7.31. The second-order valence-corrected chi connectivity index (χ2v) is 3.49. The highest BCUT2D eigenvalue weighted by Crippen LogP contribution is 2.05. The van der Waals surface area contributed by atoms with Crippen LogP contribution in [0.5, 0.6) is 0 Å². The van der Waals surface area contributed by atoms with Crippen LogP contribution in [0.3, 0.4) is 0 Å². The van der Waals surface area contributed by atoms with Crippen molar-refractivity contribution in [2.45, 2.75) is 0 Å². The van der Waals surface area contributed by atoms with Crippen molar-refractivity contribution in [1.82, 2.24) is 15.2 Å². The molecule has 0 aromatic carbocycles. The Morgan fingerprint density at radius 1 is 1.33 bits per heavy atom. The number of rotatable bonds is 2. The molecule has 0 unspecified atom stereocenters. The van der Waals surface area contributed by atoms with E-state index < -0.39 is 0 Å². The third kappa shape index (κ3) is 2.07. The molecule has 2 rings (SSSR count). The lowest BCUT2D eigenvalue weighted by molar-refractivity contribution is 0.0730. The molecule has 5 nitrogen and oxygen atoms in total. The summed E-state index contributed by atoms with van der Waals surface area (Å²) in [6, 6.07) is 3.26. The summed E-state index contributed by atoms with van der Waals surface area (Å²) in [5.41, 5.74) is 0.924. The van der Waals surface area contributed by atoms with E-state index >= 15 is 0 Å². The minimum Gasteiger partial charge on any atom is -0.348 e. The molecule has 0 atom stereocenters. The van der Waals surface area contributed by atoms with Crippen molar-refractivity contribution in [3.63, 3.8) is 0 Å². The largest absolute Gasteiger partial charge is 0.348 e. The van der Waals surface area contributed by atoms with Gasteiger partial charge in [0.2, 0.25) is 0 Å². The number of carbonyl (C=O) groups excluding carboxylic acids is 2. The third-order valence-electron chi connectivity index (χ3n) is 2.47. The molecule has 2 heterocycles. The molecular formula is C10H13N3O2. The summed E-state index contributed by atoms with van der Waals surface area (Å²) in [5, 5.41) is 3.18. The van der Waals surface area contributed by atoms with Crippen molar-refractivity contribution in [1.29, 1.82) is 0 Å². The van der Waals surface area contributed by atoms with Crippen LogP contribution in [-0.4, -0.2) is 48.3 Å². The standard InChI is InChI=1S/C10H13N3O2/c14-7-8-1-2-9(12-8)10(15)13-5-3-11-4-6-13/h1-2,7,11-12H,3-6H2. The highest BCUT2D eigenvalue weighted by molar-refractivity contribution is 5.93. The van der Waals surface area contributed by atoms with Gasteiger partial charge in [-0.2, -0.15) is 0 Å². The van der Waals surface area contributed by atoms with Crippen LogP contribution >= 0.6 is 0 Å². The van der Waals surface area contributed by atoms with Gasteiger partial charge in [-0.05, 0) is 12.1 Å². The molecule has 2 N–H and O–H groups in total. The summed E-state index contributed by atoms with van der Waals surface area (Å²) in [6.07, 6.45) is 0.703. The number of H-pyrrole nitrogens is 1. The molecule has 1 aliphatic heterocycles. The third-order valence-corrected chi connectivity index (χ3v) is 2.47. The Balaban J connectivity index is 2.08. The van der Waals surface area contributed by atoms with Crippen molar-refractivity contribution in [3.05, 3.63) is 23.5 Å². The summed E-state index contributed by atoms with van der Waals surface area (Å²) in [4.78, 5) is 26.9. The zero-order valence-electron chi connectivity index (χ0n) is 8.32. The second-order valence-electron chi connectivity index (χ2n) is 3.49. The van der Waals surface area contributed by atoms with E-state index in [1.807, 2.05) is 0 Å². The average molecular weight is 207 g/mol. The van der Waals surface area contributed by atoms with Gasteiger partial charge in [0, 0.05) is 26.2 Å². The maximum absolute atomic E-state index is 11.9. The van der Waals surface area contributed by atoms with Crippen molar-refractivity contribution < 1.29 is 9.59 Å². The van der Waals surface area contributed by atoms with Gasteiger partial charge < -0.3 is 15.2 Å². The first kappa shape index (κ1) is 9.92. The maximum atomic E-state index is 11.9. The van der Waals surface area contributed by atoms with Crippen LogP contribution in [0.2, 0.25) is 0 Å². The fourth-order valence-corrected chi connectivity index (χ4v) is 1.64. The number of nitrogens with one attached hydrogen (secondary N) is 2. The molecule has 1 saturated heterocycles. The van der Waals surface area contributed by atoms with Gasteiger partial charge in [0.25, 0.3) is 5.91 Å². The van der Waals surface area contributed by atoms with E-state index in [2.05, 4.69) is 10.3 Å². The molecule has 0 saturated carbocycles. The Morgan fingerprint density at radius 2 is 2.07 bits per heavy atom. The summed E-state index contributed by atoms with van der Waals surface area (Å²) in [7, 11) is 0. The summed E-state index contributed by atoms with van der Waals surface area (Å²) < 4.78 is 0. The van der Waals surface area contributed by atoms with Crippen molar-refractivity contribution in [3.8, 4) is 0 Å². The minimum absolute atomic E-state index is 0.0374. The predicted octanol–water partition coefficient (Wildman–Crippen LogP) is -0.127. The fourth-order valence-electron chi connectivity index (χ4n) is 1.64. The van der Waals surface area contributed by atoms with E-state index in [0.29, 0.717) is 30.8 Å². The SMILES string of the molecule is O=Cc1ccc(C(=O)N2CCNCC2)[nH]1. The lowest BCUT2D eigenvalue weighted by Gasteiger charge is -2.26. The molecule has 0 spiro atoms. The van der Waals surface area contributed by atoms with E-state index in [1.165, 1.54) is 0 Å². The van der Waals surface area contributed by atoms with Crippen LogP contribution in [-0.2, 0) is 0 Å². The van der Waals surface area contributed by atoms with E-state index in [4.69, 9.17) is 0 Å². The van der Waals surface area contributed by atoms with Crippen LogP contribution in [0.15, 0.2) is 12.1 Å². The molecule has 0 aliphatic carbocycles. The van der Waals surface area contributed by atoms with Crippen molar-refractivity contribution >= 4 is 12.2 Å². The van der Waals surface area contributed by atoms with Crippen LogP contribution in [0.1, 0.15) is 21.0 Å². The van der Waals surface area contributed by atoms with Crippen LogP contribution in [0.25, 0.3) is 0 Å². The normalized spacial score (nSPS) is 16.4. The number of hydrogen-bond donors (Lipinski definition) is 2.